The average molecular weight is 524 g/mol. The molecule has 200 valence electrons. The van der Waals surface area contributed by atoms with E-state index in [1.165, 1.54) is 57.3 Å². The van der Waals surface area contributed by atoms with Gasteiger partial charge in [-0.05, 0) is 69.2 Å². The number of hydrogen-bond donors (Lipinski definition) is 2. The number of nitrogens with two attached hydrogens (primary N) is 1. The number of hydrogen-bond acceptors (Lipinski definition) is 9. The van der Waals surface area contributed by atoms with Crippen molar-refractivity contribution in [2.24, 2.45) is 11.1 Å². The van der Waals surface area contributed by atoms with Crippen LogP contribution in [0, 0.1) is 5.41 Å². The minimum atomic E-state index is 0.234. The van der Waals surface area contributed by atoms with Crippen LogP contribution in [0.25, 0.3) is 11.2 Å². The Morgan fingerprint density at radius 3 is 2.24 bits per heavy atom. The van der Waals surface area contributed by atoms with Crippen molar-refractivity contribution in [2.45, 2.75) is 75.1 Å². The number of pyridine rings is 2. The lowest BCUT2D eigenvalue weighted by molar-refractivity contribution is 0.226. The first-order chi connectivity index (χ1) is 18.2. The third-order valence-electron chi connectivity index (χ3n) is 7.67. The largest absolute Gasteiger partial charge is 0.503 e. The summed E-state index contributed by atoms with van der Waals surface area (Å²) in [5, 5.41) is 11.6. The summed E-state index contributed by atoms with van der Waals surface area (Å²) in [6.07, 6.45) is 14.1. The van der Waals surface area contributed by atoms with E-state index >= 15 is 0 Å². The Morgan fingerprint density at radius 2 is 1.54 bits per heavy atom. The average Bonchev–Trinajstić information content (AvgIpc) is 3.65. The molecule has 1 spiro atoms. The van der Waals surface area contributed by atoms with Gasteiger partial charge in [0.2, 0.25) is 0 Å². The van der Waals surface area contributed by atoms with Crippen LogP contribution in [0.4, 0.5) is 11.6 Å². The molecular formula is C28H41N7OS. The molecule has 0 aromatic carbocycles. The Hall–Kier alpha value is -2.65. The zero-order chi connectivity index (χ0) is 26.3. The van der Waals surface area contributed by atoms with Gasteiger partial charge in [0.1, 0.15) is 16.4 Å². The number of nitrogens with zero attached hydrogens (tertiary/aromatic N) is 6. The lowest BCUT2D eigenvalue weighted by Crippen LogP contribution is -2.39. The fourth-order valence-electron chi connectivity index (χ4n) is 5.70. The van der Waals surface area contributed by atoms with E-state index < -0.39 is 0 Å². The van der Waals surface area contributed by atoms with Crippen molar-refractivity contribution in [1.29, 1.82) is 0 Å². The Labute approximate surface area is 225 Å². The van der Waals surface area contributed by atoms with Crippen LogP contribution in [0.5, 0.6) is 5.75 Å². The van der Waals surface area contributed by atoms with Gasteiger partial charge in [-0.3, -0.25) is 0 Å². The van der Waals surface area contributed by atoms with Crippen molar-refractivity contribution in [3.63, 3.8) is 0 Å². The van der Waals surface area contributed by atoms with Crippen molar-refractivity contribution in [1.82, 2.24) is 19.9 Å². The fraction of sp³-hybridized carbons (Fsp3) is 0.571. The van der Waals surface area contributed by atoms with Crippen LogP contribution in [0.15, 0.2) is 40.5 Å². The number of piperidine rings is 1. The molecule has 3 fully saturated rings. The van der Waals surface area contributed by atoms with Crippen LogP contribution >= 0.6 is 11.8 Å². The van der Waals surface area contributed by atoms with E-state index in [9.17, 15) is 5.11 Å². The number of rotatable bonds is 4. The molecule has 5 heterocycles. The Bertz CT molecular complexity index is 1150. The third-order valence-corrected chi connectivity index (χ3v) is 8.65. The standard InChI is InChI=1S/C25H30N6OS.C2H6.CH5N/c32-22-19(7-12-26-24(22)31-13-3-4-14-31)33-21-6-5-18-23(29-21)27-17-20(28-18)30-15-10-25(11-16-30)8-1-2-9-25;2*1-2/h5-7,12,17,32H,1-4,8-11,13-16H2;1-2H3;2H2,1H3. The molecule has 0 bridgehead atoms. The molecule has 0 amide bonds. The molecule has 3 aromatic heterocycles. The molecule has 0 unspecified atom stereocenters. The van der Waals surface area contributed by atoms with Gasteiger partial charge in [0.15, 0.2) is 17.2 Å². The van der Waals surface area contributed by atoms with E-state index in [0.717, 1.165) is 60.3 Å². The van der Waals surface area contributed by atoms with Crippen LogP contribution in [-0.2, 0) is 0 Å². The maximum Gasteiger partial charge on any atom is 0.179 e. The summed E-state index contributed by atoms with van der Waals surface area (Å²) in [6, 6.07) is 5.79. The van der Waals surface area contributed by atoms with E-state index in [0.29, 0.717) is 16.9 Å². The third kappa shape index (κ3) is 6.09. The van der Waals surface area contributed by atoms with Gasteiger partial charge in [0.25, 0.3) is 0 Å². The quantitative estimate of drug-likeness (QED) is 0.449. The first-order valence-electron chi connectivity index (χ1n) is 13.8. The molecule has 1 saturated carbocycles. The molecular weight excluding hydrogens is 482 g/mol. The number of anilines is 2. The van der Waals surface area contributed by atoms with Crippen molar-refractivity contribution in [3.8, 4) is 5.75 Å². The molecule has 2 saturated heterocycles. The highest BCUT2D eigenvalue weighted by molar-refractivity contribution is 7.99. The highest BCUT2D eigenvalue weighted by Gasteiger charge is 2.37. The molecule has 2 aliphatic heterocycles. The molecule has 9 heteroatoms. The van der Waals surface area contributed by atoms with Crippen LogP contribution < -0.4 is 15.5 Å². The first kappa shape index (κ1) is 27.4. The summed E-state index contributed by atoms with van der Waals surface area (Å²) >= 11 is 1.44. The van der Waals surface area contributed by atoms with E-state index in [1.807, 2.05) is 38.2 Å². The maximum atomic E-state index is 10.8. The van der Waals surface area contributed by atoms with Gasteiger partial charge < -0.3 is 20.6 Å². The van der Waals surface area contributed by atoms with Gasteiger partial charge >= 0.3 is 0 Å². The SMILES string of the molecule is CC.CN.Oc1c(Sc2ccc3nc(N4CCC5(CCCC5)CC4)cnc3n2)ccnc1N1CCCC1. The zero-order valence-corrected chi connectivity index (χ0v) is 23.3. The predicted octanol–water partition coefficient (Wildman–Crippen LogP) is 5.64. The molecule has 37 heavy (non-hydrogen) atoms. The molecule has 1 aliphatic carbocycles. The summed E-state index contributed by atoms with van der Waals surface area (Å²) < 4.78 is 0. The van der Waals surface area contributed by atoms with Gasteiger partial charge in [-0.25, -0.2) is 19.9 Å². The highest BCUT2D eigenvalue weighted by Crippen LogP contribution is 2.46. The number of aromatic nitrogens is 4. The van der Waals surface area contributed by atoms with Crippen molar-refractivity contribution in [2.75, 3.05) is 43.0 Å². The molecule has 3 aromatic rings. The van der Waals surface area contributed by atoms with Gasteiger partial charge in [-0.15, -0.1) is 0 Å². The second kappa shape index (κ2) is 12.7. The van der Waals surface area contributed by atoms with E-state index in [2.05, 4.69) is 25.5 Å². The molecule has 0 radical (unpaired) electrons. The van der Waals surface area contributed by atoms with E-state index in [-0.39, 0.29) is 5.75 Å². The fourth-order valence-corrected chi connectivity index (χ4v) is 6.51. The Balaban J connectivity index is 0.000000765. The molecule has 3 aliphatic rings. The molecule has 3 N–H and O–H groups in total. The summed E-state index contributed by atoms with van der Waals surface area (Å²) in [5.41, 5.74) is 6.55. The van der Waals surface area contributed by atoms with Crippen LogP contribution in [-0.4, -0.2) is 58.3 Å². The number of fused-ring (bicyclic) bond motifs is 1. The Kier molecular flexibility index (Phi) is 9.43. The topological polar surface area (TPSA) is 104 Å². The second-order valence-corrected chi connectivity index (χ2v) is 10.8. The number of aromatic hydroxyl groups is 1. The van der Waals surface area contributed by atoms with Gasteiger partial charge in [-0.2, -0.15) is 0 Å². The van der Waals surface area contributed by atoms with Crippen molar-refractivity contribution in [3.05, 3.63) is 30.6 Å². The molecule has 8 nitrogen and oxygen atoms in total. The lowest BCUT2D eigenvalue weighted by Gasteiger charge is -2.39. The summed E-state index contributed by atoms with van der Waals surface area (Å²) in [7, 11) is 1.50. The van der Waals surface area contributed by atoms with Crippen LogP contribution in [0.1, 0.15) is 65.2 Å². The van der Waals surface area contributed by atoms with Crippen molar-refractivity contribution < 1.29 is 5.11 Å². The highest BCUT2D eigenvalue weighted by atomic mass is 32.2. The normalized spacial score (nSPS) is 18.4. The first-order valence-corrected chi connectivity index (χ1v) is 14.6. The lowest BCUT2D eigenvalue weighted by atomic mass is 9.77. The van der Waals surface area contributed by atoms with Crippen LogP contribution in [0.3, 0.4) is 0 Å². The van der Waals surface area contributed by atoms with Gasteiger partial charge in [-0.1, -0.05) is 38.5 Å². The summed E-state index contributed by atoms with van der Waals surface area (Å²) in [6.45, 7) is 8.03. The monoisotopic (exact) mass is 523 g/mol. The Morgan fingerprint density at radius 1 is 0.838 bits per heavy atom. The van der Waals surface area contributed by atoms with Crippen molar-refractivity contribution >= 4 is 34.6 Å². The van der Waals surface area contributed by atoms with Gasteiger partial charge in [0.05, 0.1) is 11.1 Å². The smallest absolute Gasteiger partial charge is 0.179 e. The van der Waals surface area contributed by atoms with Crippen LogP contribution in [0.2, 0.25) is 0 Å². The second-order valence-electron chi connectivity index (χ2n) is 9.69. The maximum absolute atomic E-state index is 10.8. The molecule has 0 atom stereocenters. The summed E-state index contributed by atoms with van der Waals surface area (Å²) in [4.78, 5) is 23.9. The zero-order valence-electron chi connectivity index (χ0n) is 22.5. The van der Waals surface area contributed by atoms with E-state index in [1.54, 1.807) is 6.20 Å². The summed E-state index contributed by atoms with van der Waals surface area (Å²) in [5.74, 6) is 1.86. The van der Waals surface area contributed by atoms with E-state index in [4.69, 9.17) is 9.97 Å². The minimum absolute atomic E-state index is 0.234. The predicted molar refractivity (Wildman–Crippen MR) is 153 cm³/mol. The van der Waals surface area contributed by atoms with Gasteiger partial charge in [0, 0.05) is 32.4 Å². The molecule has 6 rings (SSSR count). The minimum Gasteiger partial charge on any atom is -0.503 e.